The maximum atomic E-state index is 4.82. The number of likely N-dealkylation sites (tertiary alicyclic amines) is 1. The van der Waals surface area contributed by atoms with Crippen molar-refractivity contribution < 1.29 is 0 Å². The molecule has 0 aliphatic carbocycles. The molecule has 2 rings (SSSR count). The summed E-state index contributed by atoms with van der Waals surface area (Å²) in [6.45, 7) is 3.12. The summed E-state index contributed by atoms with van der Waals surface area (Å²) in [7, 11) is 8.20. The van der Waals surface area contributed by atoms with Gasteiger partial charge in [0.05, 0.1) is 6.54 Å². The van der Waals surface area contributed by atoms with Gasteiger partial charge in [-0.3, -0.25) is 9.89 Å². The molecule has 0 spiro atoms. The van der Waals surface area contributed by atoms with Crippen LogP contribution < -0.4 is 0 Å². The summed E-state index contributed by atoms with van der Waals surface area (Å²) in [4.78, 5) is 11.6. The average molecular weight is 288 g/mol. The second-order valence-corrected chi connectivity index (χ2v) is 6.18. The van der Waals surface area contributed by atoms with Gasteiger partial charge in [0.15, 0.2) is 5.96 Å². The minimum atomic E-state index is 0.570. The van der Waals surface area contributed by atoms with Crippen molar-refractivity contribution in [1.29, 1.82) is 0 Å². The molecule has 0 saturated carbocycles. The predicted octanol–water partition coefficient (Wildman–Crippen LogP) is 2.13. The first-order valence-electron chi connectivity index (χ1n) is 7.75. The average Bonchev–Trinajstić information content (AvgIpc) is 2.87. The van der Waals surface area contributed by atoms with E-state index in [2.05, 4.69) is 73.2 Å². The van der Waals surface area contributed by atoms with E-state index in [9.17, 15) is 0 Å². The van der Waals surface area contributed by atoms with Gasteiger partial charge >= 0.3 is 0 Å². The zero-order valence-corrected chi connectivity index (χ0v) is 13.8. The van der Waals surface area contributed by atoms with Crippen molar-refractivity contribution in [3.05, 3.63) is 35.9 Å². The van der Waals surface area contributed by atoms with E-state index in [0.717, 1.165) is 19.0 Å². The number of rotatable bonds is 4. The number of hydrogen-bond donors (Lipinski definition) is 0. The van der Waals surface area contributed by atoms with Crippen molar-refractivity contribution in [3.63, 3.8) is 0 Å². The molecule has 21 heavy (non-hydrogen) atoms. The minimum absolute atomic E-state index is 0.570. The first kappa shape index (κ1) is 15.8. The zero-order valence-electron chi connectivity index (χ0n) is 13.8. The number of guanidine groups is 1. The Morgan fingerprint density at radius 2 is 1.81 bits per heavy atom. The Hall–Kier alpha value is -1.55. The molecule has 1 fully saturated rings. The Balaban J connectivity index is 1.97. The molecule has 4 nitrogen and oxygen atoms in total. The van der Waals surface area contributed by atoms with Crippen molar-refractivity contribution in [1.82, 2.24) is 14.7 Å². The Kier molecular flexibility index (Phi) is 5.62. The number of nitrogens with zero attached hydrogens (tertiary/aromatic N) is 4. The third-order valence-electron chi connectivity index (χ3n) is 3.97. The molecule has 1 aliphatic rings. The van der Waals surface area contributed by atoms with Crippen molar-refractivity contribution in [2.45, 2.75) is 25.4 Å². The molecule has 1 saturated heterocycles. The first-order valence-corrected chi connectivity index (χ1v) is 7.75. The fraction of sp³-hybridized carbons (Fsp3) is 0.588. The van der Waals surface area contributed by atoms with E-state index in [1.54, 1.807) is 0 Å². The van der Waals surface area contributed by atoms with E-state index in [-0.39, 0.29) is 0 Å². The molecular weight excluding hydrogens is 260 g/mol. The van der Waals surface area contributed by atoms with Crippen molar-refractivity contribution in [2.75, 3.05) is 41.3 Å². The highest BCUT2D eigenvalue weighted by Gasteiger charge is 2.24. The van der Waals surface area contributed by atoms with Gasteiger partial charge in [0.25, 0.3) is 0 Å². The normalized spacial score (nSPS) is 18.6. The number of aliphatic imine (C=N–C) groups is 1. The molecule has 0 N–H and O–H groups in total. The van der Waals surface area contributed by atoms with Crippen LogP contribution in [-0.2, 0) is 6.54 Å². The Morgan fingerprint density at radius 1 is 1.14 bits per heavy atom. The second-order valence-electron chi connectivity index (χ2n) is 6.18. The lowest BCUT2D eigenvalue weighted by Crippen LogP contribution is -2.37. The lowest BCUT2D eigenvalue weighted by molar-refractivity contribution is 0.249. The SMILES string of the molecule is CN(C)C(=NCC1CCCN1Cc1ccccc1)N(C)C. The van der Waals surface area contributed by atoms with Gasteiger partial charge < -0.3 is 9.80 Å². The van der Waals surface area contributed by atoms with E-state index >= 15 is 0 Å². The Morgan fingerprint density at radius 3 is 2.43 bits per heavy atom. The van der Waals surface area contributed by atoms with Gasteiger partial charge in [0.2, 0.25) is 0 Å². The molecule has 0 amide bonds. The topological polar surface area (TPSA) is 22.1 Å². The molecule has 1 atom stereocenters. The Bertz CT molecular complexity index is 443. The summed E-state index contributed by atoms with van der Waals surface area (Å²) in [6.07, 6.45) is 2.54. The standard InChI is InChI=1S/C17H28N4/c1-19(2)17(20(3)4)18-13-16-11-8-12-21(16)14-15-9-6-5-7-10-15/h5-7,9-10,16H,8,11-14H2,1-4H3. The quantitative estimate of drug-likeness (QED) is 0.626. The van der Waals surface area contributed by atoms with Gasteiger partial charge in [-0.25, -0.2) is 0 Å². The van der Waals surface area contributed by atoms with Gasteiger partial charge in [0.1, 0.15) is 0 Å². The van der Waals surface area contributed by atoms with Gasteiger partial charge in [-0.05, 0) is 24.9 Å². The van der Waals surface area contributed by atoms with Crippen LogP contribution in [0.3, 0.4) is 0 Å². The molecule has 0 bridgehead atoms. The van der Waals surface area contributed by atoms with Crippen molar-refractivity contribution in [2.24, 2.45) is 4.99 Å². The molecule has 4 heteroatoms. The smallest absolute Gasteiger partial charge is 0.195 e. The van der Waals surface area contributed by atoms with Crippen LogP contribution in [0.1, 0.15) is 18.4 Å². The summed E-state index contributed by atoms with van der Waals surface area (Å²) in [5, 5.41) is 0. The summed E-state index contributed by atoms with van der Waals surface area (Å²) in [5.41, 5.74) is 1.40. The fourth-order valence-corrected chi connectivity index (χ4v) is 3.00. The lowest BCUT2D eigenvalue weighted by Gasteiger charge is -2.26. The van der Waals surface area contributed by atoms with Crippen LogP contribution in [0.4, 0.5) is 0 Å². The van der Waals surface area contributed by atoms with Crippen LogP contribution in [0.2, 0.25) is 0 Å². The van der Waals surface area contributed by atoms with Gasteiger partial charge in [0, 0.05) is 40.8 Å². The predicted molar refractivity (Wildman–Crippen MR) is 89.6 cm³/mol. The zero-order chi connectivity index (χ0) is 15.2. The summed E-state index contributed by atoms with van der Waals surface area (Å²) in [5.74, 6) is 1.04. The molecule has 1 heterocycles. The highest BCUT2D eigenvalue weighted by molar-refractivity contribution is 5.79. The van der Waals surface area contributed by atoms with Crippen LogP contribution in [0.5, 0.6) is 0 Å². The summed E-state index contributed by atoms with van der Waals surface area (Å²) < 4.78 is 0. The Labute approximate surface area is 129 Å². The first-order chi connectivity index (χ1) is 10.1. The van der Waals surface area contributed by atoms with Crippen LogP contribution in [0, 0.1) is 0 Å². The molecule has 0 radical (unpaired) electrons. The fourth-order valence-electron chi connectivity index (χ4n) is 3.00. The highest BCUT2D eigenvalue weighted by atomic mass is 15.3. The van der Waals surface area contributed by atoms with Crippen molar-refractivity contribution in [3.8, 4) is 0 Å². The second kappa shape index (κ2) is 7.46. The number of benzene rings is 1. The summed E-state index contributed by atoms with van der Waals surface area (Å²) in [6, 6.07) is 11.3. The molecule has 1 aliphatic heterocycles. The van der Waals surface area contributed by atoms with Gasteiger partial charge in [-0.15, -0.1) is 0 Å². The monoisotopic (exact) mass is 288 g/mol. The van der Waals surface area contributed by atoms with E-state index in [1.807, 2.05) is 0 Å². The molecule has 1 unspecified atom stereocenters. The summed E-state index contributed by atoms with van der Waals surface area (Å²) >= 11 is 0. The van der Waals surface area contributed by atoms with Gasteiger partial charge in [-0.1, -0.05) is 30.3 Å². The molecule has 1 aromatic rings. The number of hydrogen-bond acceptors (Lipinski definition) is 2. The molecule has 116 valence electrons. The van der Waals surface area contributed by atoms with E-state index < -0.39 is 0 Å². The van der Waals surface area contributed by atoms with E-state index in [0.29, 0.717) is 6.04 Å². The van der Waals surface area contributed by atoms with Gasteiger partial charge in [-0.2, -0.15) is 0 Å². The lowest BCUT2D eigenvalue weighted by atomic mass is 10.2. The molecule has 1 aromatic carbocycles. The van der Waals surface area contributed by atoms with Crippen LogP contribution in [0.15, 0.2) is 35.3 Å². The van der Waals surface area contributed by atoms with Crippen LogP contribution >= 0.6 is 0 Å². The third kappa shape index (κ3) is 4.46. The third-order valence-corrected chi connectivity index (χ3v) is 3.97. The van der Waals surface area contributed by atoms with Crippen LogP contribution in [0.25, 0.3) is 0 Å². The maximum absolute atomic E-state index is 4.82. The van der Waals surface area contributed by atoms with Crippen LogP contribution in [-0.4, -0.2) is 68.0 Å². The van der Waals surface area contributed by atoms with E-state index in [1.165, 1.54) is 24.9 Å². The highest BCUT2D eigenvalue weighted by Crippen LogP contribution is 2.20. The molecular formula is C17H28N4. The maximum Gasteiger partial charge on any atom is 0.195 e. The largest absolute Gasteiger partial charge is 0.349 e. The van der Waals surface area contributed by atoms with Crippen molar-refractivity contribution >= 4 is 5.96 Å². The van der Waals surface area contributed by atoms with E-state index in [4.69, 9.17) is 4.99 Å². The molecule has 0 aromatic heterocycles. The minimum Gasteiger partial charge on any atom is -0.349 e.